The van der Waals surface area contributed by atoms with Crippen LogP contribution in [0.15, 0.2) is 24.3 Å². The van der Waals surface area contributed by atoms with Crippen molar-refractivity contribution < 1.29 is 32.9 Å². The molecular formula is C19H28F3NO4S. The number of carbonyl (C=O) groups is 1. The molecule has 160 valence electrons. The van der Waals surface area contributed by atoms with Crippen molar-refractivity contribution in [2.75, 3.05) is 26.8 Å². The molecule has 2 fully saturated rings. The fraction of sp³-hybridized carbons (Fsp3) is 0.632. The van der Waals surface area contributed by atoms with Crippen LogP contribution in [0.3, 0.4) is 0 Å². The van der Waals surface area contributed by atoms with E-state index in [1.165, 1.54) is 17.7 Å². The number of aliphatic hydroxyl groups excluding tert-OH is 1. The van der Waals surface area contributed by atoms with Gasteiger partial charge >= 0.3 is 12.6 Å². The number of thioether (sulfide) groups is 1. The molecule has 0 spiro atoms. The molecule has 28 heavy (non-hydrogen) atoms. The van der Waals surface area contributed by atoms with Gasteiger partial charge in [-0.3, -0.25) is 4.79 Å². The van der Waals surface area contributed by atoms with E-state index in [0.717, 1.165) is 26.0 Å². The maximum absolute atomic E-state index is 12.6. The van der Waals surface area contributed by atoms with E-state index in [9.17, 15) is 18.0 Å². The van der Waals surface area contributed by atoms with E-state index in [1.54, 1.807) is 7.11 Å². The van der Waals surface area contributed by atoms with E-state index in [0.29, 0.717) is 10.00 Å². The van der Waals surface area contributed by atoms with Gasteiger partial charge in [0.1, 0.15) is 5.82 Å². The normalized spacial score (nSPS) is 20.4. The SMILES string of the molecule is CC1(C)SC1CNCC(=O)O.COCC1(c2ccc(F)cc2)CC1.OC(F)F. The molecular weight excluding hydrogens is 395 g/mol. The van der Waals surface area contributed by atoms with Crippen LogP contribution in [-0.4, -0.2) is 59.6 Å². The smallest absolute Gasteiger partial charge is 0.342 e. The van der Waals surface area contributed by atoms with E-state index in [1.807, 2.05) is 23.9 Å². The number of ether oxygens (including phenoxy) is 1. The molecule has 0 radical (unpaired) electrons. The summed E-state index contributed by atoms with van der Waals surface area (Å²) in [6.07, 6.45) is 2.32. The molecule has 1 aliphatic carbocycles. The summed E-state index contributed by atoms with van der Waals surface area (Å²) in [6, 6.07) is 6.76. The molecule has 3 N–H and O–H groups in total. The van der Waals surface area contributed by atoms with Crippen molar-refractivity contribution in [3.8, 4) is 0 Å². The first-order valence-electron chi connectivity index (χ1n) is 8.84. The molecule has 0 bridgehead atoms. The molecule has 9 heteroatoms. The Bertz CT molecular complexity index is 607. The third-order valence-electron chi connectivity index (χ3n) is 4.50. The van der Waals surface area contributed by atoms with Crippen molar-refractivity contribution in [1.82, 2.24) is 5.32 Å². The fourth-order valence-corrected chi connectivity index (χ4v) is 3.63. The minimum atomic E-state index is -3.17. The Morgan fingerprint density at radius 1 is 1.32 bits per heavy atom. The number of hydrogen-bond donors (Lipinski definition) is 3. The lowest BCUT2D eigenvalue weighted by Crippen LogP contribution is -2.28. The Morgan fingerprint density at radius 2 is 1.82 bits per heavy atom. The largest absolute Gasteiger partial charge is 0.480 e. The number of benzene rings is 1. The van der Waals surface area contributed by atoms with E-state index < -0.39 is 12.6 Å². The van der Waals surface area contributed by atoms with Gasteiger partial charge < -0.3 is 20.3 Å². The van der Waals surface area contributed by atoms with Gasteiger partial charge in [0.2, 0.25) is 0 Å². The van der Waals surface area contributed by atoms with Crippen LogP contribution in [0.2, 0.25) is 0 Å². The van der Waals surface area contributed by atoms with Crippen LogP contribution in [0, 0.1) is 5.82 Å². The molecule has 1 aromatic carbocycles. The number of aliphatic hydroxyl groups is 1. The second-order valence-corrected chi connectivity index (χ2v) is 9.09. The minimum Gasteiger partial charge on any atom is -0.480 e. The third kappa shape index (κ3) is 9.27. The average Bonchev–Trinajstić information content (AvgIpc) is 3.47. The highest BCUT2D eigenvalue weighted by Gasteiger charge is 2.46. The molecule has 1 heterocycles. The number of hydrogen-bond acceptors (Lipinski definition) is 5. The van der Waals surface area contributed by atoms with Gasteiger partial charge in [-0.15, -0.1) is 11.8 Å². The summed E-state index contributed by atoms with van der Waals surface area (Å²) < 4.78 is 38.0. The Labute approximate surface area is 167 Å². The summed E-state index contributed by atoms with van der Waals surface area (Å²) in [5.74, 6) is -0.953. The summed E-state index contributed by atoms with van der Waals surface area (Å²) in [4.78, 5) is 10.1. The van der Waals surface area contributed by atoms with Crippen LogP contribution >= 0.6 is 11.8 Å². The molecule has 3 rings (SSSR count). The van der Waals surface area contributed by atoms with Gasteiger partial charge in [-0.1, -0.05) is 12.1 Å². The Hall–Kier alpha value is -1.29. The Kier molecular flexibility index (Phi) is 9.76. The average molecular weight is 423 g/mol. The molecule has 1 atom stereocenters. The molecule has 2 aliphatic rings. The maximum Gasteiger partial charge on any atom is 0.342 e. The van der Waals surface area contributed by atoms with Crippen LogP contribution in [0.1, 0.15) is 32.3 Å². The first-order chi connectivity index (χ1) is 13.0. The predicted molar refractivity (Wildman–Crippen MR) is 103 cm³/mol. The van der Waals surface area contributed by atoms with Crippen LogP contribution in [0.25, 0.3) is 0 Å². The van der Waals surface area contributed by atoms with Crippen molar-refractivity contribution in [1.29, 1.82) is 0 Å². The molecule has 5 nitrogen and oxygen atoms in total. The van der Waals surface area contributed by atoms with Crippen LogP contribution in [0.4, 0.5) is 13.2 Å². The lowest BCUT2D eigenvalue weighted by Gasteiger charge is -2.13. The zero-order valence-electron chi connectivity index (χ0n) is 16.3. The second-order valence-electron chi connectivity index (χ2n) is 7.23. The zero-order valence-corrected chi connectivity index (χ0v) is 17.1. The quantitative estimate of drug-likeness (QED) is 0.585. The molecule has 1 unspecified atom stereocenters. The summed E-state index contributed by atoms with van der Waals surface area (Å²) in [6.45, 7) is 2.81. The molecule has 1 saturated carbocycles. The molecule has 0 aromatic heterocycles. The van der Waals surface area contributed by atoms with Crippen molar-refractivity contribution in [2.45, 2.75) is 48.7 Å². The highest BCUT2D eigenvalue weighted by atomic mass is 32.2. The lowest BCUT2D eigenvalue weighted by atomic mass is 9.97. The van der Waals surface area contributed by atoms with Crippen LogP contribution < -0.4 is 5.32 Å². The molecule has 1 saturated heterocycles. The van der Waals surface area contributed by atoms with E-state index in [2.05, 4.69) is 19.2 Å². The van der Waals surface area contributed by atoms with Gasteiger partial charge in [0.05, 0.1) is 13.2 Å². The minimum absolute atomic E-state index is 0.0765. The highest BCUT2D eigenvalue weighted by Crippen LogP contribution is 2.52. The van der Waals surface area contributed by atoms with E-state index in [4.69, 9.17) is 14.9 Å². The number of aliphatic carboxylic acids is 1. The van der Waals surface area contributed by atoms with Crippen LogP contribution in [-0.2, 0) is 14.9 Å². The summed E-state index contributed by atoms with van der Waals surface area (Å²) >= 11 is 1.89. The summed E-state index contributed by atoms with van der Waals surface area (Å²) in [5.41, 5.74) is 1.40. The number of nitrogens with one attached hydrogen (secondary N) is 1. The number of alkyl halides is 2. The number of methoxy groups -OCH3 is 1. The maximum atomic E-state index is 12.6. The lowest BCUT2D eigenvalue weighted by molar-refractivity contribution is -0.135. The number of carboxylic acid groups (broad SMARTS) is 1. The van der Waals surface area contributed by atoms with E-state index >= 15 is 0 Å². The molecule has 1 aromatic rings. The number of carboxylic acids is 1. The fourth-order valence-electron chi connectivity index (χ4n) is 2.68. The molecule has 1 aliphatic heterocycles. The topological polar surface area (TPSA) is 78.8 Å². The van der Waals surface area contributed by atoms with Gasteiger partial charge in [0.25, 0.3) is 0 Å². The summed E-state index contributed by atoms with van der Waals surface area (Å²) in [5, 5.41) is 18.5. The molecule has 0 amide bonds. The first-order valence-corrected chi connectivity index (χ1v) is 9.72. The second kappa shape index (κ2) is 11.0. The Morgan fingerprint density at radius 3 is 2.18 bits per heavy atom. The highest BCUT2D eigenvalue weighted by molar-refractivity contribution is 8.08. The van der Waals surface area contributed by atoms with E-state index in [-0.39, 0.29) is 17.8 Å². The van der Waals surface area contributed by atoms with Crippen LogP contribution in [0.5, 0.6) is 0 Å². The summed E-state index contributed by atoms with van der Waals surface area (Å²) in [7, 11) is 1.71. The van der Waals surface area contributed by atoms with Gasteiger partial charge in [0, 0.05) is 29.1 Å². The number of rotatable bonds is 7. The Balaban J connectivity index is 0.000000239. The van der Waals surface area contributed by atoms with Crippen molar-refractivity contribution in [3.05, 3.63) is 35.6 Å². The third-order valence-corrected chi connectivity index (χ3v) is 6.18. The van der Waals surface area contributed by atoms with Gasteiger partial charge in [0.15, 0.2) is 0 Å². The first kappa shape index (κ1) is 24.7. The predicted octanol–water partition coefficient (Wildman–Crippen LogP) is 3.26. The van der Waals surface area contributed by atoms with Crippen molar-refractivity contribution in [3.63, 3.8) is 0 Å². The van der Waals surface area contributed by atoms with Crippen molar-refractivity contribution in [2.24, 2.45) is 0 Å². The standard InChI is InChI=1S/C11H13FO.C7H13NO2S.CH2F2O/c1-13-8-11(6-7-11)9-2-4-10(12)5-3-9;1-7(2)5(11-7)3-8-4-6(9)10;2-1(3)4/h2-5H,6-8H2,1H3;5,8H,3-4H2,1-2H3,(H,9,10);1,4H. The van der Waals surface area contributed by atoms with Gasteiger partial charge in [-0.25, -0.2) is 4.39 Å². The van der Waals surface area contributed by atoms with Crippen molar-refractivity contribution >= 4 is 17.7 Å². The number of halogens is 3. The van der Waals surface area contributed by atoms with Gasteiger partial charge in [-0.05, 0) is 44.4 Å². The monoisotopic (exact) mass is 423 g/mol. The zero-order chi connectivity index (χ0) is 21.4. The van der Waals surface area contributed by atoms with Gasteiger partial charge in [-0.2, -0.15) is 8.78 Å².